The fourth-order valence-electron chi connectivity index (χ4n) is 3.32. The molecule has 2 nitrogen and oxygen atoms in total. The van der Waals surface area contributed by atoms with E-state index in [1.807, 2.05) is 36.4 Å². The first-order chi connectivity index (χ1) is 13.7. The molecule has 0 amide bonds. The van der Waals surface area contributed by atoms with Crippen molar-refractivity contribution in [2.75, 3.05) is 0 Å². The van der Waals surface area contributed by atoms with Gasteiger partial charge in [0.1, 0.15) is 5.78 Å². The Morgan fingerprint density at radius 1 is 0.862 bits per heavy atom. The van der Waals surface area contributed by atoms with Gasteiger partial charge in [0.25, 0.3) is 0 Å². The molecule has 0 spiro atoms. The Labute approximate surface area is 213 Å². The van der Waals surface area contributed by atoms with E-state index in [1.54, 1.807) is 0 Å². The third-order valence-corrected chi connectivity index (χ3v) is 7.76. The molecular weight excluding hydrogens is 654 g/mol. The van der Waals surface area contributed by atoms with Crippen molar-refractivity contribution in [2.24, 2.45) is 0 Å². The molecule has 0 atom stereocenters. The predicted molar refractivity (Wildman–Crippen MR) is 137 cm³/mol. The van der Waals surface area contributed by atoms with E-state index in [-0.39, 0.29) is 0 Å². The maximum absolute atomic E-state index is 10.4. The minimum Gasteiger partial charge on any atom is -0.385 e. The Bertz CT molecular complexity index is 832. The molecule has 0 unspecified atom stereocenters. The maximum Gasteiger partial charge on any atom is 0.132 e. The van der Waals surface area contributed by atoms with Crippen LogP contribution in [0.5, 0.6) is 0 Å². The summed E-state index contributed by atoms with van der Waals surface area (Å²) in [6, 6.07) is 11.4. The minimum atomic E-state index is -0.694. The molecule has 2 aliphatic rings. The lowest BCUT2D eigenvalue weighted by molar-refractivity contribution is -0.117. The van der Waals surface area contributed by atoms with Crippen molar-refractivity contribution in [3.05, 3.63) is 64.5 Å². The second-order valence-corrected chi connectivity index (χ2v) is 11.0. The summed E-state index contributed by atoms with van der Waals surface area (Å²) in [5, 5.41) is 11.8. The van der Waals surface area contributed by atoms with E-state index >= 15 is 0 Å². The Kier molecular flexibility index (Phi) is 10.9. The van der Waals surface area contributed by atoms with Crippen LogP contribution in [0.15, 0.2) is 45.3 Å². The van der Waals surface area contributed by atoms with Crippen LogP contribution in [-0.2, 0) is 10.4 Å². The zero-order chi connectivity index (χ0) is 21.4. The lowest BCUT2D eigenvalue weighted by Crippen LogP contribution is -2.21. The molecule has 7 heteroatoms. The number of Topliss-reactive ketones (excluding diaryl/α,β-unsaturated/α-hetero) is 1. The number of rotatable bonds is 1. The fraction of sp³-hybridized carbons (Fsp3) is 0.409. The molecule has 0 bridgehead atoms. The number of carbonyl (C=O) groups is 1. The highest BCUT2D eigenvalue weighted by Crippen LogP contribution is 2.42. The van der Waals surface area contributed by atoms with E-state index in [2.05, 4.69) is 54.5 Å². The molecule has 1 N–H and O–H groups in total. The zero-order valence-electron chi connectivity index (χ0n) is 15.9. The highest BCUT2D eigenvalue weighted by Gasteiger charge is 2.34. The Balaban J connectivity index is 0.000000171. The second-order valence-electron chi connectivity index (χ2n) is 7.17. The highest BCUT2D eigenvalue weighted by atomic mass is 127. The Morgan fingerprint density at radius 3 is 1.83 bits per heavy atom. The number of benzene rings is 2. The first-order valence-corrected chi connectivity index (χ1v) is 12.9. The van der Waals surface area contributed by atoms with Gasteiger partial charge < -0.3 is 5.11 Å². The van der Waals surface area contributed by atoms with Gasteiger partial charge in [-0.25, -0.2) is 0 Å². The zero-order valence-corrected chi connectivity index (χ0v) is 22.7. The summed E-state index contributed by atoms with van der Waals surface area (Å²) in [5.74, 6) is 0.454. The summed E-state index contributed by atoms with van der Waals surface area (Å²) in [6.07, 6.45) is 7.78. The van der Waals surface area contributed by atoms with Crippen molar-refractivity contribution in [1.29, 1.82) is 0 Å². The molecular formula is C22H23Br2Cl2IO2. The van der Waals surface area contributed by atoms with Crippen LogP contribution in [0.1, 0.15) is 56.9 Å². The summed E-state index contributed by atoms with van der Waals surface area (Å²) in [4.78, 5) is 10.2. The normalized spacial score (nSPS) is 17.2. The smallest absolute Gasteiger partial charge is 0.132 e. The number of ketones is 1. The first kappa shape index (κ1) is 25.6. The van der Waals surface area contributed by atoms with Crippen molar-refractivity contribution < 1.29 is 9.90 Å². The van der Waals surface area contributed by atoms with Crippen LogP contribution in [0, 0.1) is 3.57 Å². The molecule has 0 saturated heterocycles. The van der Waals surface area contributed by atoms with Gasteiger partial charge in [-0.3, -0.25) is 4.79 Å². The highest BCUT2D eigenvalue weighted by molar-refractivity contribution is 14.1. The number of aliphatic hydroxyl groups is 1. The van der Waals surface area contributed by atoms with E-state index < -0.39 is 5.60 Å². The Morgan fingerprint density at radius 2 is 1.38 bits per heavy atom. The lowest BCUT2D eigenvalue weighted by atomic mass is 9.92. The maximum atomic E-state index is 10.4. The minimum absolute atomic E-state index is 0.454. The van der Waals surface area contributed by atoms with Crippen molar-refractivity contribution in [2.45, 2.75) is 57.0 Å². The van der Waals surface area contributed by atoms with Gasteiger partial charge >= 0.3 is 0 Å². The van der Waals surface area contributed by atoms with Gasteiger partial charge in [-0.1, -0.05) is 67.9 Å². The van der Waals surface area contributed by atoms with Gasteiger partial charge in [0.15, 0.2) is 0 Å². The summed E-state index contributed by atoms with van der Waals surface area (Å²) in [7, 11) is 0. The Hall–Kier alpha value is 0.340. The summed E-state index contributed by atoms with van der Waals surface area (Å²) < 4.78 is 3.11. The van der Waals surface area contributed by atoms with Gasteiger partial charge in [-0.05, 0) is 84.7 Å². The van der Waals surface area contributed by atoms with Gasteiger partial charge in [0.05, 0.1) is 10.6 Å². The molecule has 2 fully saturated rings. The standard InChI is InChI=1S/C11H12BrClO.C6H3BrClI.C5H8O/c12-8-3-4-10(13)9(7-8)11(14)5-1-2-6-11;7-4-1-2-5(8)6(9)3-4;6-5-3-1-2-4-5/h3-4,7,14H,1-2,5-6H2;1-3H;1-4H2. The van der Waals surface area contributed by atoms with Crippen molar-refractivity contribution in [3.8, 4) is 0 Å². The molecule has 0 aromatic heterocycles. The summed E-state index contributed by atoms with van der Waals surface area (Å²) in [6.45, 7) is 0. The van der Waals surface area contributed by atoms with Gasteiger partial charge in [0.2, 0.25) is 0 Å². The largest absolute Gasteiger partial charge is 0.385 e. The SMILES string of the molecule is Clc1ccc(Br)cc1I.O=C1CCCC1.OC1(c2cc(Br)ccc2Cl)CCCC1. The van der Waals surface area contributed by atoms with Crippen LogP contribution in [-0.4, -0.2) is 10.9 Å². The van der Waals surface area contributed by atoms with Crippen molar-refractivity contribution >= 4 is 83.4 Å². The van der Waals surface area contributed by atoms with E-state index in [0.717, 1.165) is 74.5 Å². The molecule has 158 valence electrons. The van der Waals surface area contributed by atoms with Crippen LogP contribution in [0.2, 0.25) is 10.0 Å². The quantitative estimate of drug-likeness (QED) is 0.243. The average Bonchev–Trinajstić information content (AvgIpc) is 3.33. The second kappa shape index (κ2) is 12.4. The lowest BCUT2D eigenvalue weighted by Gasteiger charge is -2.24. The van der Waals surface area contributed by atoms with E-state index in [0.29, 0.717) is 10.8 Å². The summed E-state index contributed by atoms with van der Waals surface area (Å²) >= 11 is 20.8. The van der Waals surface area contributed by atoms with Gasteiger partial charge in [-0.2, -0.15) is 0 Å². The number of carbonyl (C=O) groups excluding carboxylic acids is 1. The number of hydrogen-bond donors (Lipinski definition) is 1. The van der Waals surface area contributed by atoms with Gasteiger partial charge in [0, 0.05) is 35.9 Å². The number of hydrogen-bond acceptors (Lipinski definition) is 2. The molecule has 2 saturated carbocycles. The molecule has 2 aliphatic carbocycles. The van der Waals surface area contributed by atoms with Crippen molar-refractivity contribution in [1.82, 2.24) is 0 Å². The van der Waals surface area contributed by atoms with Crippen LogP contribution < -0.4 is 0 Å². The van der Waals surface area contributed by atoms with Crippen molar-refractivity contribution in [3.63, 3.8) is 0 Å². The molecule has 0 heterocycles. The van der Waals surface area contributed by atoms with E-state index in [1.165, 1.54) is 0 Å². The molecule has 2 aromatic rings. The average molecular weight is 677 g/mol. The van der Waals surface area contributed by atoms with E-state index in [9.17, 15) is 9.90 Å². The van der Waals surface area contributed by atoms with Crippen LogP contribution in [0.4, 0.5) is 0 Å². The van der Waals surface area contributed by atoms with Crippen LogP contribution in [0.25, 0.3) is 0 Å². The first-order valence-electron chi connectivity index (χ1n) is 9.51. The molecule has 2 aromatic carbocycles. The molecule has 29 heavy (non-hydrogen) atoms. The van der Waals surface area contributed by atoms with E-state index in [4.69, 9.17) is 23.2 Å². The van der Waals surface area contributed by atoms with Gasteiger partial charge in [-0.15, -0.1) is 0 Å². The monoisotopic (exact) mass is 674 g/mol. The predicted octanol–water partition coefficient (Wildman–Crippen LogP) is 8.70. The van der Waals surface area contributed by atoms with Crippen LogP contribution in [0.3, 0.4) is 0 Å². The third-order valence-electron chi connectivity index (χ3n) is 4.90. The fourth-order valence-corrected chi connectivity index (χ4v) is 5.40. The molecule has 0 aliphatic heterocycles. The topological polar surface area (TPSA) is 37.3 Å². The molecule has 0 radical (unpaired) electrons. The summed E-state index contributed by atoms with van der Waals surface area (Å²) in [5.41, 5.74) is 0.173. The third kappa shape index (κ3) is 8.41. The van der Waals surface area contributed by atoms with Crippen LogP contribution >= 0.6 is 77.7 Å². The molecule has 4 rings (SSSR count). The number of halogens is 5.